The molecule has 0 fully saturated rings. The molecule has 138 valence electrons. The topological polar surface area (TPSA) is 55.1 Å². The van der Waals surface area contributed by atoms with Crippen molar-refractivity contribution in [2.75, 3.05) is 5.32 Å². The molecule has 1 amide bonds. The van der Waals surface area contributed by atoms with E-state index in [1.54, 1.807) is 12.3 Å². The van der Waals surface area contributed by atoms with E-state index in [0.717, 1.165) is 22.4 Å². The van der Waals surface area contributed by atoms with Crippen LogP contribution in [0, 0.1) is 13.8 Å². The van der Waals surface area contributed by atoms with Gasteiger partial charge < -0.3 is 9.73 Å². The van der Waals surface area contributed by atoms with Gasteiger partial charge in [0.15, 0.2) is 5.76 Å². The number of nitrogens with one attached hydrogen (secondary N) is 1. The van der Waals surface area contributed by atoms with E-state index < -0.39 is 0 Å². The molecule has 4 nitrogen and oxygen atoms in total. The van der Waals surface area contributed by atoms with E-state index in [2.05, 4.69) is 10.3 Å². The fourth-order valence-electron chi connectivity index (χ4n) is 3.08. The minimum absolute atomic E-state index is 0.191. The number of oxazole rings is 1. The average molecular weight is 368 g/mol. The number of carbonyl (C=O) groups excluding carboxylic acids is 1. The first-order valence-electron chi connectivity index (χ1n) is 9.11. The van der Waals surface area contributed by atoms with Crippen molar-refractivity contribution in [3.63, 3.8) is 0 Å². The highest BCUT2D eigenvalue weighted by molar-refractivity contribution is 6.08. The maximum Gasteiger partial charge on any atom is 0.256 e. The maximum absolute atomic E-state index is 13.0. The highest BCUT2D eigenvalue weighted by Crippen LogP contribution is 2.29. The SMILES string of the molecule is Cc1cccc(NC(=O)c2ccccc2-c2ncc(-c3ccccc3)o2)c1C. The molecule has 1 N–H and O–H groups in total. The molecule has 0 saturated carbocycles. The Kier molecular flexibility index (Phi) is 4.77. The minimum atomic E-state index is -0.191. The normalized spacial score (nSPS) is 10.6. The summed E-state index contributed by atoms with van der Waals surface area (Å²) in [5.74, 6) is 0.898. The Morgan fingerprint density at radius 3 is 2.46 bits per heavy atom. The molecule has 28 heavy (non-hydrogen) atoms. The summed E-state index contributed by atoms with van der Waals surface area (Å²) >= 11 is 0. The van der Waals surface area contributed by atoms with Crippen molar-refractivity contribution in [2.24, 2.45) is 0 Å². The molecule has 4 heteroatoms. The van der Waals surface area contributed by atoms with E-state index >= 15 is 0 Å². The molecule has 4 rings (SSSR count). The van der Waals surface area contributed by atoms with E-state index in [4.69, 9.17) is 4.42 Å². The zero-order valence-electron chi connectivity index (χ0n) is 15.8. The first kappa shape index (κ1) is 17.7. The highest BCUT2D eigenvalue weighted by atomic mass is 16.4. The molecule has 1 heterocycles. The Hall–Kier alpha value is -3.66. The van der Waals surface area contributed by atoms with Crippen LogP contribution in [-0.2, 0) is 0 Å². The van der Waals surface area contributed by atoms with Gasteiger partial charge in [-0.25, -0.2) is 4.98 Å². The Labute approximate surface area is 163 Å². The second-order valence-electron chi connectivity index (χ2n) is 6.64. The number of nitrogens with zero attached hydrogens (tertiary/aromatic N) is 1. The number of benzene rings is 3. The first-order chi connectivity index (χ1) is 13.6. The zero-order chi connectivity index (χ0) is 19.5. The second-order valence-corrected chi connectivity index (χ2v) is 6.64. The predicted octanol–water partition coefficient (Wildman–Crippen LogP) is 5.88. The molecular weight excluding hydrogens is 348 g/mol. The molecule has 0 atom stereocenters. The molecular formula is C24H20N2O2. The van der Waals surface area contributed by atoms with E-state index in [0.29, 0.717) is 22.8 Å². The first-order valence-corrected chi connectivity index (χ1v) is 9.11. The molecule has 3 aromatic carbocycles. The van der Waals surface area contributed by atoms with Gasteiger partial charge in [0.2, 0.25) is 5.89 Å². The number of hydrogen-bond donors (Lipinski definition) is 1. The summed E-state index contributed by atoms with van der Waals surface area (Å²) in [5.41, 5.74) is 5.11. The Balaban J connectivity index is 1.67. The third-order valence-corrected chi connectivity index (χ3v) is 4.82. The van der Waals surface area contributed by atoms with Gasteiger partial charge >= 0.3 is 0 Å². The summed E-state index contributed by atoms with van der Waals surface area (Å²) in [7, 11) is 0. The van der Waals surface area contributed by atoms with Crippen LogP contribution in [0.3, 0.4) is 0 Å². The monoisotopic (exact) mass is 368 g/mol. The molecule has 1 aromatic heterocycles. The number of aromatic nitrogens is 1. The van der Waals surface area contributed by atoms with Crippen molar-refractivity contribution < 1.29 is 9.21 Å². The smallest absolute Gasteiger partial charge is 0.256 e. The molecule has 4 aromatic rings. The number of aryl methyl sites for hydroxylation is 1. The van der Waals surface area contributed by atoms with Crippen molar-refractivity contribution in [1.82, 2.24) is 4.98 Å². The molecule has 0 unspecified atom stereocenters. The largest absolute Gasteiger partial charge is 0.436 e. The predicted molar refractivity (Wildman–Crippen MR) is 111 cm³/mol. The molecule has 0 radical (unpaired) electrons. The number of hydrogen-bond acceptors (Lipinski definition) is 3. The van der Waals surface area contributed by atoms with Crippen LogP contribution in [-0.4, -0.2) is 10.9 Å². The summed E-state index contributed by atoms with van der Waals surface area (Å²) in [5, 5.41) is 3.01. The van der Waals surface area contributed by atoms with Crippen LogP contribution in [0.1, 0.15) is 21.5 Å². The van der Waals surface area contributed by atoms with Crippen molar-refractivity contribution in [3.8, 4) is 22.8 Å². The van der Waals surface area contributed by atoms with Crippen molar-refractivity contribution in [2.45, 2.75) is 13.8 Å². The lowest BCUT2D eigenvalue weighted by Gasteiger charge is -2.12. The minimum Gasteiger partial charge on any atom is -0.436 e. The van der Waals surface area contributed by atoms with Gasteiger partial charge in [0, 0.05) is 16.8 Å². The maximum atomic E-state index is 13.0. The molecule has 0 aliphatic heterocycles. The fourth-order valence-corrected chi connectivity index (χ4v) is 3.08. The van der Waals surface area contributed by atoms with Crippen molar-refractivity contribution in [1.29, 1.82) is 0 Å². The number of amides is 1. The molecule has 0 aliphatic rings. The van der Waals surface area contributed by atoms with Gasteiger partial charge in [-0.15, -0.1) is 0 Å². The molecule has 0 spiro atoms. The third-order valence-electron chi connectivity index (χ3n) is 4.82. The van der Waals surface area contributed by atoms with E-state index in [1.165, 1.54) is 0 Å². The second kappa shape index (κ2) is 7.53. The summed E-state index contributed by atoms with van der Waals surface area (Å²) in [6.45, 7) is 4.02. The van der Waals surface area contributed by atoms with Gasteiger partial charge in [-0.1, -0.05) is 54.6 Å². The average Bonchev–Trinajstić information content (AvgIpc) is 3.22. The van der Waals surface area contributed by atoms with Crippen LogP contribution >= 0.6 is 0 Å². The van der Waals surface area contributed by atoms with Gasteiger partial charge in [0.05, 0.1) is 11.8 Å². The van der Waals surface area contributed by atoms with Gasteiger partial charge in [-0.2, -0.15) is 0 Å². The third kappa shape index (κ3) is 3.45. The van der Waals surface area contributed by atoms with E-state index in [-0.39, 0.29) is 5.91 Å². The van der Waals surface area contributed by atoms with Gasteiger partial charge in [0.1, 0.15) is 0 Å². The fraction of sp³-hybridized carbons (Fsp3) is 0.0833. The molecule has 0 saturated heterocycles. The lowest BCUT2D eigenvalue weighted by atomic mass is 10.1. The zero-order valence-corrected chi connectivity index (χ0v) is 15.8. The standard InChI is InChI=1S/C24H20N2O2/c1-16-9-8-14-21(17(16)2)26-23(27)19-12-6-7-13-20(19)24-25-15-22(28-24)18-10-4-3-5-11-18/h3-15H,1-2H3,(H,26,27). The summed E-state index contributed by atoms with van der Waals surface area (Å²) < 4.78 is 5.95. The van der Waals surface area contributed by atoms with Crippen LogP contribution < -0.4 is 5.32 Å². The van der Waals surface area contributed by atoms with Crippen LogP contribution in [0.25, 0.3) is 22.8 Å². The van der Waals surface area contributed by atoms with Gasteiger partial charge in [-0.05, 0) is 43.2 Å². The van der Waals surface area contributed by atoms with E-state index in [9.17, 15) is 4.79 Å². The summed E-state index contributed by atoms with van der Waals surface area (Å²) in [6, 6.07) is 23.0. The van der Waals surface area contributed by atoms with Crippen LogP contribution in [0.5, 0.6) is 0 Å². The number of carbonyl (C=O) groups is 1. The van der Waals surface area contributed by atoms with Gasteiger partial charge in [-0.3, -0.25) is 4.79 Å². The molecule has 0 bridgehead atoms. The summed E-state index contributed by atoms with van der Waals surface area (Å²) in [6.07, 6.45) is 1.68. The van der Waals surface area contributed by atoms with Crippen LogP contribution in [0.2, 0.25) is 0 Å². The lowest BCUT2D eigenvalue weighted by Crippen LogP contribution is -2.14. The Bertz CT molecular complexity index is 1130. The Morgan fingerprint density at radius 2 is 1.64 bits per heavy atom. The number of rotatable bonds is 4. The van der Waals surface area contributed by atoms with Crippen LogP contribution in [0.4, 0.5) is 5.69 Å². The number of anilines is 1. The highest BCUT2D eigenvalue weighted by Gasteiger charge is 2.17. The van der Waals surface area contributed by atoms with Crippen LogP contribution in [0.15, 0.2) is 83.4 Å². The van der Waals surface area contributed by atoms with Crippen molar-refractivity contribution in [3.05, 3.63) is 95.7 Å². The lowest BCUT2D eigenvalue weighted by molar-refractivity contribution is 0.102. The summed E-state index contributed by atoms with van der Waals surface area (Å²) in [4.78, 5) is 17.4. The Morgan fingerprint density at radius 1 is 0.893 bits per heavy atom. The van der Waals surface area contributed by atoms with Crippen molar-refractivity contribution >= 4 is 11.6 Å². The quantitative estimate of drug-likeness (QED) is 0.489. The van der Waals surface area contributed by atoms with Gasteiger partial charge in [0.25, 0.3) is 5.91 Å². The van der Waals surface area contributed by atoms with E-state index in [1.807, 2.05) is 80.6 Å². The molecule has 0 aliphatic carbocycles.